The molecule has 0 amide bonds. The molecule has 1 N–H and O–H groups in total. The number of nitrogens with zero attached hydrogens (tertiary/aromatic N) is 4. The van der Waals surface area contributed by atoms with E-state index in [0.717, 1.165) is 19.5 Å². The second-order valence-corrected chi connectivity index (χ2v) is 5.48. The van der Waals surface area contributed by atoms with E-state index in [0.29, 0.717) is 17.6 Å². The van der Waals surface area contributed by atoms with Crippen LogP contribution < -0.4 is 5.32 Å². The fourth-order valence-corrected chi connectivity index (χ4v) is 2.90. The highest BCUT2D eigenvalue weighted by Gasteiger charge is 2.28. The van der Waals surface area contributed by atoms with Crippen LogP contribution in [0.1, 0.15) is 42.1 Å². The zero-order valence-electron chi connectivity index (χ0n) is 11.3. The molecule has 5 nitrogen and oxygen atoms in total. The van der Waals surface area contributed by atoms with Crippen molar-refractivity contribution in [1.29, 1.82) is 0 Å². The molecule has 20 heavy (non-hydrogen) atoms. The summed E-state index contributed by atoms with van der Waals surface area (Å²) < 4.78 is 0. The summed E-state index contributed by atoms with van der Waals surface area (Å²) in [6, 6.07) is 1.82. The third kappa shape index (κ3) is 1.98. The molecule has 0 unspecified atom stereocenters. The normalized spacial score (nSPS) is 18.4. The fraction of sp³-hybridized carbons (Fsp3) is 0.467. The van der Waals surface area contributed by atoms with Crippen molar-refractivity contribution in [2.45, 2.75) is 38.1 Å². The second-order valence-electron chi connectivity index (χ2n) is 5.48. The Morgan fingerprint density at radius 2 is 1.90 bits per heavy atom. The first-order chi connectivity index (χ1) is 9.92. The lowest BCUT2D eigenvalue weighted by molar-refractivity contribution is 0.404. The summed E-state index contributed by atoms with van der Waals surface area (Å²) in [6.45, 7) is 1.89. The average molecular weight is 267 g/mol. The first-order valence-electron chi connectivity index (χ1n) is 7.29. The van der Waals surface area contributed by atoms with Gasteiger partial charge in [0.25, 0.3) is 0 Å². The molecule has 2 aromatic rings. The van der Waals surface area contributed by atoms with Crippen molar-refractivity contribution >= 4 is 0 Å². The molecular weight excluding hydrogens is 250 g/mol. The van der Waals surface area contributed by atoms with Gasteiger partial charge in [-0.15, -0.1) is 0 Å². The Morgan fingerprint density at radius 3 is 2.65 bits per heavy atom. The van der Waals surface area contributed by atoms with Crippen LogP contribution in [-0.2, 0) is 13.0 Å². The van der Waals surface area contributed by atoms with E-state index >= 15 is 0 Å². The molecule has 2 aliphatic rings. The largest absolute Gasteiger partial charge is 0.312 e. The molecule has 0 bridgehead atoms. The summed E-state index contributed by atoms with van der Waals surface area (Å²) in [7, 11) is 0. The van der Waals surface area contributed by atoms with Crippen molar-refractivity contribution in [2.75, 3.05) is 6.54 Å². The fourth-order valence-electron chi connectivity index (χ4n) is 2.90. The Balaban J connectivity index is 1.84. The van der Waals surface area contributed by atoms with E-state index in [1.165, 1.54) is 36.2 Å². The highest BCUT2D eigenvalue weighted by atomic mass is 15.0. The molecular formula is C15H17N5. The van der Waals surface area contributed by atoms with Crippen molar-refractivity contribution in [3.63, 3.8) is 0 Å². The maximum Gasteiger partial charge on any atom is 0.198 e. The number of fused-ring (bicyclic) bond motifs is 1. The Hall–Kier alpha value is -1.88. The van der Waals surface area contributed by atoms with Crippen LogP contribution >= 0.6 is 0 Å². The predicted octanol–water partition coefficient (Wildman–Crippen LogP) is 1.85. The third-order valence-corrected chi connectivity index (χ3v) is 4.22. The average Bonchev–Trinajstić information content (AvgIpc) is 2.46. The smallest absolute Gasteiger partial charge is 0.198 e. The number of aromatic nitrogens is 4. The lowest BCUT2D eigenvalue weighted by Gasteiger charge is -2.29. The van der Waals surface area contributed by atoms with Crippen LogP contribution in [0.5, 0.6) is 0 Å². The van der Waals surface area contributed by atoms with E-state index in [-0.39, 0.29) is 0 Å². The highest BCUT2D eigenvalue weighted by molar-refractivity contribution is 5.46. The SMILES string of the molecule is c1cnc(-c2nc3c(c(C4CCC4)n2)CNCC3)nc1. The van der Waals surface area contributed by atoms with Gasteiger partial charge in [0.05, 0.1) is 11.4 Å². The van der Waals surface area contributed by atoms with Crippen LogP contribution in [0.25, 0.3) is 11.6 Å². The minimum absolute atomic E-state index is 0.606. The Morgan fingerprint density at radius 1 is 1.05 bits per heavy atom. The molecule has 102 valence electrons. The van der Waals surface area contributed by atoms with E-state index in [9.17, 15) is 0 Å². The van der Waals surface area contributed by atoms with Crippen LogP contribution in [0, 0.1) is 0 Å². The number of hydrogen-bond donors (Lipinski definition) is 1. The summed E-state index contributed by atoms with van der Waals surface area (Å²) in [5, 5.41) is 3.43. The van der Waals surface area contributed by atoms with Gasteiger partial charge in [-0.05, 0) is 18.9 Å². The molecule has 1 aliphatic carbocycles. The molecule has 1 aliphatic heterocycles. The van der Waals surface area contributed by atoms with Gasteiger partial charge >= 0.3 is 0 Å². The standard InChI is InChI=1S/C15H17N5/c1-3-10(4-1)13-11-9-16-8-5-12(11)19-15(20-13)14-17-6-2-7-18-14/h2,6-7,10,16H,1,3-5,8-9H2. The van der Waals surface area contributed by atoms with Gasteiger partial charge in [0, 0.05) is 43.4 Å². The molecule has 2 aromatic heterocycles. The molecule has 4 rings (SSSR count). The molecule has 5 heteroatoms. The number of nitrogens with one attached hydrogen (secondary N) is 1. The van der Waals surface area contributed by atoms with Crippen LogP contribution in [0.3, 0.4) is 0 Å². The van der Waals surface area contributed by atoms with E-state index in [1.54, 1.807) is 12.4 Å². The summed E-state index contributed by atoms with van der Waals surface area (Å²) in [5.41, 5.74) is 3.74. The second kappa shape index (κ2) is 4.90. The summed E-state index contributed by atoms with van der Waals surface area (Å²) >= 11 is 0. The predicted molar refractivity (Wildman–Crippen MR) is 75.1 cm³/mol. The van der Waals surface area contributed by atoms with Gasteiger partial charge in [-0.1, -0.05) is 6.42 Å². The van der Waals surface area contributed by atoms with E-state index in [4.69, 9.17) is 9.97 Å². The Kier molecular flexibility index (Phi) is 2.92. The maximum absolute atomic E-state index is 4.80. The minimum atomic E-state index is 0.606. The van der Waals surface area contributed by atoms with Crippen LogP contribution in [0.2, 0.25) is 0 Å². The Labute approximate surface area is 117 Å². The highest BCUT2D eigenvalue weighted by Crippen LogP contribution is 2.38. The molecule has 1 saturated carbocycles. The van der Waals surface area contributed by atoms with Crippen molar-refractivity contribution < 1.29 is 0 Å². The zero-order chi connectivity index (χ0) is 13.4. The minimum Gasteiger partial charge on any atom is -0.312 e. The van der Waals surface area contributed by atoms with Crippen LogP contribution in [0.4, 0.5) is 0 Å². The van der Waals surface area contributed by atoms with Gasteiger partial charge in [-0.3, -0.25) is 0 Å². The molecule has 0 spiro atoms. The molecule has 0 aromatic carbocycles. The van der Waals surface area contributed by atoms with Crippen molar-refractivity contribution in [1.82, 2.24) is 25.3 Å². The molecule has 0 radical (unpaired) electrons. The molecule has 1 fully saturated rings. The monoisotopic (exact) mass is 267 g/mol. The number of hydrogen-bond acceptors (Lipinski definition) is 5. The van der Waals surface area contributed by atoms with Gasteiger partial charge in [-0.25, -0.2) is 19.9 Å². The topological polar surface area (TPSA) is 63.6 Å². The van der Waals surface area contributed by atoms with Crippen LogP contribution in [-0.4, -0.2) is 26.5 Å². The summed E-state index contributed by atoms with van der Waals surface area (Å²) in [6.07, 6.45) is 8.27. The van der Waals surface area contributed by atoms with Crippen molar-refractivity contribution in [2.24, 2.45) is 0 Å². The van der Waals surface area contributed by atoms with Crippen molar-refractivity contribution in [3.05, 3.63) is 35.4 Å². The van der Waals surface area contributed by atoms with E-state index in [1.807, 2.05) is 6.07 Å². The van der Waals surface area contributed by atoms with Gasteiger partial charge in [0.1, 0.15) is 0 Å². The Bertz CT molecular complexity index is 622. The van der Waals surface area contributed by atoms with Crippen LogP contribution in [0.15, 0.2) is 18.5 Å². The summed E-state index contributed by atoms with van der Waals surface area (Å²) in [4.78, 5) is 18.1. The lowest BCUT2D eigenvalue weighted by atomic mass is 9.80. The van der Waals surface area contributed by atoms with E-state index in [2.05, 4.69) is 15.3 Å². The van der Waals surface area contributed by atoms with Gasteiger partial charge < -0.3 is 5.32 Å². The third-order valence-electron chi connectivity index (χ3n) is 4.22. The first-order valence-corrected chi connectivity index (χ1v) is 7.29. The maximum atomic E-state index is 4.80. The van der Waals surface area contributed by atoms with E-state index < -0.39 is 0 Å². The number of rotatable bonds is 2. The first kappa shape index (κ1) is 11.9. The van der Waals surface area contributed by atoms with Crippen molar-refractivity contribution in [3.8, 4) is 11.6 Å². The van der Waals surface area contributed by atoms with Gasteiger partial charge in [0.15, 0.2) is 11.6 Å². The molecule has 3 heterocycles. The van der Waals surface area contributed by atoms with Gasteiger partial charge in [0.2, 0.25) is 0 Å². The molecule has 0 saturated heterocycles. The lowest BCUT2D eigenvalue weighted by Crippen LogP contribution is -2.28. The molecule has 0 atom stereocenters. The summed E-state index contributed by atoms with van der Waals surface area (Å²) in [5.74, 6) is 1.93. The quantitative estimate of drug-likeness (QED) is 0.899. The van der Waals surface area contributed by atoms with Gasteiger partial charge in [-0.2, -0.15) is 0 Å². The zero-order valence-corrected chi connectivity index (χ0v) is 11.3.